The van der Waals surface area contributed by atoms with E-state index in [2.05, 4.69) is 12.1 Å². The number of aryl methyl sites for hydroxylation is 1. The van der Waals surface area contributed by atoms with Gasteiger partial charge in [0.15, 0.2) is 5.76 Å². The van der Waals surface area contributed by atoms with Gasteiger partial charge in [-0.2, -0.15) is 10.5 Å². The molecule has 0 saturated heterocycles. The summed E-state index contributed by atoms with van der Waals surface area (Å²) in [4.78, 5) is 0. The Kier molecular flexibility index (Phi) is 3.82. The number of furan rings is 1. The zero-order valence-electron chi connectivity index (χ0n) is 12.5. The molecule has 2 heterocycles. The molecule has 0 unspecified atom stereocenters. The molecule has 4 nitrogen and oxygen atoms in total. The molecule has 0 aliphatic heterocycles. The van der Waals surface area contributed by atoms with Crippen LogP contribution in [0, 0.1) is 29.6 Å². The zero-order chi connectivity index (χ0) is 16.2. The lowest BCUT2D eigenvalue weighted by molar-refractivity contribution is 0.568. The Morgan fingerprint density at radius 2 is 1.78 bits per heavy atom. The second kappa shape index (κ2) is 6.09. The van der Waals surface area contributed by atoms with Crippen molar-refractivity contribution in [1.29, 1.82) is 10.5 Å². The molecule has 0 spiro atoms. The number of aromatic nitrogens is 1. The first-order chi connectivity index (χ1) is 11.2. The lowest BCUT2D eigenvalue weighted by Crippen LogP contribution is -1.94. The molecule has 0 saturated carbocycles. The van der Waals surface area contributed by atoms with E-state index in [0.29, 0.717) is 11.5 Å². The summed E-state index contributed by atoms with van der Waals surface area (Å²) in [6.45, 7) is 2.05. The van der Waals surface area contributed by atoms with Crippen molar-refractivity contribution in [3.05, 3.63) is 71.6 Å². The number of allylic oxidation sites excluding steroid dienone is 1. The van der Waals surface area contributed by atoms with Gasteiger partial charge in [-0.25, -0.2) is 0 Å². The van der Waals surface area contributed by atoms with Crippen LogP contribution in [0.3, 0.4) is 0 Å². The summed E-state index contributed by atoms with van der Waals surface area (Å²) >= 11 is 0. The summed E-state index contributed by atoms with van der Waals surface area (Å²) < 4.78 is 7.78. The van der Waals surface area contributed by atoms with Crippen molar-refractivity contribution in [2.24, 2.45) is 0 Å². The van der Waals surface area contributed by atoms with Crippen LogP contribution < -0.4 is 0 Å². The summed E-state index contributed by atoms with van der Waals surface area (Å²) in [5.74, 6) is 1.16. The van der Waals surface area contributed by atoms with Gasteiger partial charge in [-0.15, -0.1) is 0 Å². The number of nitrogens with zero attached hydrogens (tertiary/aromatic N) is 3. The Bertz CT molecular complexity index is 928. The van der Waals surface area contributed by atoms with Gasteiger partial charge in [0, 0.05) is 18.0 Å². The van der Waals surface area contributed by atoms with E-state index in [1.165, 1.54) is 11.6 Å². The maximum atomic E-state index is 8.81. The molecule has 0 atom stereocenters. The molecule has 110 valence electrons. The number of hydrogen-bond acceptors (Lipinski definition) is 3. The second-order valence-corrected chi connectivity index (χ2v) is 5.08. The fraction of sp³-hybridized carbons (Fsp3) is 0.0526. The van der Waals surface area contributed by atoms with Crippen molar-refractivity contribution < 1.29 is 4.42 Å². The minimum Gasteiger partial charge on any atom is -0.455 e. The van der Waals surface area contributed by atoms with Crippen molar-refractivity contribution in [3.63, 3.8) is 0 Å². The van der Waals surface area contributed by atoms with Crippen molar-refractivity contribution in [1.82, 2.24) is 4.57 Å². The fourth-order valence-corrected chi connectivity index (χ4v) is 2.31. The molecule has 0 aliphatic rings. The number of nitriles is 2. The van der Waals surface area contributed by atoms with Gasteiger partial charge in [0.1, 0.15) is 23.5 Å². The van der Waals surface area contributed by atoms with E-state index in [4.69, 9.17) is 14.9 Å². The molecule has 1 aromatic carbocycles. The van der Waals surface area contributed by atoms with Crippen LogP contribution >= 0.6 is 0 Å². The smallest absolute Gasteiger partial charge is 0.151 e. The minimum atomic E-state index is 0.0137. The summed E-state index contributed by atoms with van der Waals surface area (Å²) in [6.07, 6.45) is 3.40. The molecule has 0 bridgehead atoms. The number of rotatable bonds is 3. The van der Waals surface area contributed by atoms with Crippen LogP contribution in [-0.4, -0.2) is 4.57 Å². The molecule has 3 rings (SSSR count). The van der Waals surface area contributed by atoms with Crippen LogP contribution in [0.15, 0.2) is 64.7 Å². The van der Waals surface area contributed by atoms with E-state index in [9.17, 15) is 0 Å². The summed E-state index contributed by atoms with van der Waals surface area (Å²) in [7, 11) is 0. The molecule has 3 aromatic rings. The standard InChI is InChI=1S/C19H13N3O/c1-14-4-6-16(7-5-14)22-10-2-3-18(22)19-9-8-17(23-19)11-15(12-20)13-21/h2-11H,1H3. The monoisotopic (exact) mass is 299 g/mol. The lowest BCUT2D eigenvalue weighted by Gasteiger charge is -2.07. The van der Waals surface area contributed by atoms with Crippen molar-refractivity contribution in [3.8, 4) is 29.3 Å². The van der Waals surface area contributed by atoms with Crippen LogP contribution in [0.1, 0.15) is 11.3 Å². The van der Waals surface area contributed by atoms with Crippen LogP contribution in [0.5, 0.6) is 0 Å². The number of benzene rings is 1. The molecule has 0 N–H and O–H groups in total. The van der Waals surface area contributed by atoms with Crippen LogP contribution in [0.4, 0.5) is 0 Å². The van der Waals surface area contributed by atoms with Crippen molar-refractivity contribution in [2.45, 2.75) is 6.92 Å². The van der Waals surface area contributed by atoms with Gasteiger partial charge in [0.2, 0.25) is 0 Å². The molecule has 0 fully saturated rings. The van der Waals surface area contributed by atoms with Crippen molar-refractivity contribution >= 4 is 6.08 Å². The Morgan fingerprint density at radius 3 is 2.48 bits per heavy atom. The molecular weight excluding hydrogens is 286 g/mol. The zero-order valence-corrected chi connectivity index (χ0v) is 12.5. The Morgan fingerprint density at radius 1 is 1.04 bits per heavy atom. The van der Waals surface area contributed by atoms with Crippen LogP contribution in [0.25, 0.3) is 23.2 Å². The second-order valence-electron chi connectivity index (χ2n) is 5.08. The predicted molar refractivity (Wildman–Crippen MR) is 87.4 cm³/mol. The highest BCUT2D eigenvalue weighted by Gasteiger charge is 2.10. The van der Waals surface area contributed by atoms with Gasteiger partial charge >= 0.3 is 0 Å². The van der Waals surface area contributed by atoms with Gasteiger partial charge in [-0.05, 0) is 43.3 Å². The molecule has 23 heavy (non-hydrogen) atoms. The van der Waals surface area contributed by atoms with E-state index in [1.54, 1.807) is 6.07 Å². The largest absolute Gasteiger partial charge is 0.455 e. The van der Waals surface area contributed by atoms with E-state index >= 15 is 0 Å². The Hall–Kier alpha value is -3.50. The lowest BCUT2D eigenvalue weighted by atomic mass is 10.2. The molecular formula is C19H13N3O. The topological polar surface area (TPSA) is 65.7 Å². The molecule has 0 amide bonds. The van der Waals surface area contributed by atoms with Gasteiger partial charge in [0.05, 0.1) is 5.69 Å². The van der Waals surface area contributed by atoms with Gasteiger partial charge in [0.25, 0.3) is 0 Å². The maximum absolute atomic E-state index is 8.81. The SMILES string of the molecule is Cc1ccc(-n2cccc2-c2ccc(C=C(C#N)C#N)o2)cc1. The first kappa shape index (κ1) is 14.4. The highest BCUT2D eigenvalue weighted by atomic mass is 16.3. The van der Waals surface area contributed by atoms with Gasteiger partial charge in [-0.3, -0.25) is 0 Å². The molecule has 4 heteroatoms. The summed E-state index contributed by atoms with van der Waals surface area (Å²) in [5.41, 5.74) is 3.16. The summed E-state index contributed by atoms with van der Waals surface area (Å²) in [6, 6.07) is 19.3. The predicted octanol–water partition coefficient (Wildman–Crippen LogP) is 4.48. The third kappa shape index (κ3) is 2.92. The molecule has 2 aromatic heterocycles. The van der Waals surface area contributed by atoms with E-state index in [-0.39, 0.29) is 5.57 Å². The highest BCUT2D eigenvalue weighted by molar-refractivity contribution is 5.63. The van der Waals surface area contributed by atoms with E-state index < -0.39 is 0 Å². The normalized spacial score (nSPS) is 9.87. The van der Waals surface area contributed by atoms with E-state index in [0.717, 1.165) is 11.4 Å². The number of hydrogen-bond donors (Lipinski definition) is 0. The average Bonchev–Trinajstić information content (AvgIpc) is 3.22. The first-order valence-corrected chi connectivity index (χ1v) is 7.08. The third-order valence-electron chi connectivity index (χ3n) is 3.47. The van der Waals surface area contributed by atoms with E-state index in [1.807, 2.05) is 60.2 Å². The summed E-state index contributed by atoms with van der Waals surface area (Å²) in [5, 5.41) is 17.6. The molecule has 0 aliphatic carbocycles. The Labute approximate surface area is 134 Å². The quantitative estimate of drug-likeness (QED) is 0.670. The highest BCUT2D eigenvalue weighted by Crippen LogP contribution is 2.26. The average molecular weight is 299 g/mol. The maximum Gasteiger partial charge on any atom is 0.151 e. The first-order valence-electron chi connectivity index (χ1n) is 7.08. The van der Waals surface area contributed by atoms with Gasteiger partial charge < -0.3 is 8.98 Å². The van der Waals surface area contributed by atoms with Crippen LogP contribution in [-0.2, 0) is 0 Å². The Balaban J connectivity index is 1.99. The van der Waals surface area contributed by atoms with Gasteiger partial charge in [-0.1, -0.05) is 17.7 Å². The van der Waals surface area contributed by atoms with Crippen molar-refractivity contribution in [2.75, 3.05) is 0 Å². The fourth-order valence-electron chi connectivity index (χ4n) is 2.31. The minimum absolute atomic E-state index is 0.0137. The van der Waals surface area contributed by atoms with Crippen LogP contribution in [0.2, 0.25) is 0 Å². The third-order valence-corrected chi connectivity index (χ3v) is 3.47. The molecule has 0 radical (unpaired) electrons.